The van der Waals surface area contributed by atoms with Gasteiger partial charge in [0, 0.05) is 36.6 Å². The Labute approximate surface area is 238 Å². The minimum Gasteiger partial charge on any atom is -0.466 e. The molecule has 0 atom stereocenters. The fourth-order valence-electron chi connectivity index (χ4n) is 5.79. The monoisotopic (exact) mass is 548 g/mol. The quantitative estimate of drug-likeness (QED) is 0.205. The molecule has 39 heavy (non-hydrogen) atoms. The Morgan fingerprint density at radius 3 is 2.13 bits per heavy atom. The Morgan fingerprint density at radius 1 is 0.974 bits per heavy atom. The van der Waals surface area contributed by atoms with Crippen molar-refractivity contribution in [1.29, 1.82) is 0 Å². The van der Waals surface area contributed by atoms with Gasteiger partial charge in [-0.3, -0.25) is 4.79 Å². The fraction of sp³-hybridized carbons (Fsp3) is 0.424. The van der Waals surface area contributed by atoms with Crippen molar-refractivity contribution in [2.45, 2.75) is 50.0 Å². The Morgan fingerprint density at radius 2 is 1.56 bits per heavy atom. The van der Waals surface area contributed by atoms with E-state index in [0.717, 1.165) is 44.6 Å². The van der Waals surface area contributed by atoms with E-state index >= 15 is 0 Å². The van der Waals surface area contributed by atoms with Crippen LogP contribution >= 0.6 is 11.6 Å². The highest BCUT2D eigenvalue weighted by atomic mass is 35.5. The summed E-state index contributed by atoms with van der Waals surface area (Å²) < 4.78 is 5.12. The normalized spacial score (nSPS) is 15.7. The van der Waals surface area contributed by atoms with Gasteiger partial charge >= 0.3 is 5.97 Å². The molecule has 6 heteroatoms. The van der Waals surface area contributed by atoms with E-state index in [2.05, 4.69) is 70.9 Å². The van der Waals surface area contributed by atoms with Crippen LogP contribution < -0.4 is 5.32 Å². The van der Waals surface area contributed by atoms with Crippen LogP contribution in [0.5, 0.6) is 0 Å². The average Bonchev–Trinajstić information content (AvgIpc) is 2.97. The van der Waals surface area contributed by atoms with Crippen molar-refractivity contribution >= 4 is 17.6 Å². The number of ether oxygens (including phenoxy) is 1. The summed E-state index contributed by atoms with van der Waals surface area (Å²) in [5.74, 6) is -0.168. The molecule has 0 amide bonds. The van der Waals surface area contributed by atoms with Crippen LogP contribution in [-0.2, 0) is 20.5 Å². The van der Waals surface area contributed by atoms with Crippen LogP contribution in [-0.4, -0.2) is 55.3 Å². The van der Waals surface area contributed by atoms with Gasteiger partial charge in [-0.25, -0.2) is 0 Å². The molecule has 1 aliphatic rings. The fourth-order valence-corrected chi connectivity index (χ4v) is 5.91. The average molecular weight is 549 g/mol. The van der Waals surface area contributed by atoms with E-state index in [1.807, 2.05) is 31.2 Å². The summed E-state index contributed by atoms with van der Waals surface area (Å²) in [6.45, 7) is 6.25. The van der Waals surface area contributed by atoms with Crippen LogP contribution in [0.15, 0.2) is 84.9 Å². The molecule has 2 N–H and O–H groups in total. The zero-order chi connectivity index (χ0) is 27.6. The van der Waals surface area contributed by atoms with Crippen molar-refractivity contribution in [1.82, 2.24) is 10.2 Å². The Bertz CT molecular complexity index is 1110. The Hall–Kier alpha value is -2.70. The molecule has 0 aromatic heterocycles. The second-order valence-corrected chi connectivity index (χ2v) is 11.0. The molecular formula is C33H41ClN2O3. The molecule has 1 saturated heterocycles. The van der Waals surface area contributed by atoms with Crippen molar-refractivity contribution in [3.05, 3.63) is 107 Å². The number of benzene rings is 3. The van der Waals surface area contributed by atoms with Gasteiger partial charge in [-0.05, 0) is 68.0 Å². The number of nitrogens with one attached hydrogen (secondary N) is 1. The van der Waals surface area contributed by atoms with Crippen molar-refractivity contribution in [2.24, 2.45) is 0 Å². The van der Waals surface area contributed by atoms with Crippen molar-refractivity contribution in [3.63, 3.8) is 0 Å². The lowest BCUT2D eigenvalue weighted by molar-refractivity contribution is -0.142. The summed E-state index contributed by atoms with van der Waals surface area (Å²) in [5, 5.41) is 15.6. The first kappa shape index (κ1) is 29.3. The number of carbonyl (C=O) groups excluding carboxylic acids is 1. The lowest BCUT2D eigenvalue weighted by Crippen LogP contribution is -2.44. The Balaban J connectivity index is 1.43. The summed E-state index contributed by atoms with van der Waals surface area (Å²) >= 11 is 6.05. The number of halogens is 1. The standard InChI is InChI=1S/C33H41ClN2O3/c1-2-39-31(37)18-22-35-26-32(27-10-5-3-6-11-27,28-12-7-4-8-13-28)19-9-23-36-24-20-33(38,21-25-36)29-14-16-30(34)17-15-29/h3-8,10-17,35,38H,2,9,18-26H2,1H3. The number of esters is 1. The topological polar surface area (TPSA) is 61.8 Å². The van der Waals surface area contributed by atoms with Gasteiger partial charge in [-0.15, -0.1) is 0 Å². The van der Waals surface area contributed by atoms with Crippen molar-refractivity contribution in [3.8, 4) is 0 Å². The summed E-state index contributed by atoms with van der Waals surface area (Å²) in [6, 6.07) is 29.0. The number of hydrogen-bond donors (Lipinski definition) is 2. The van der Waals surface area contributed by atoms with E-state index in [0.29, 0.717) is 37.4 Å². The van der Waals surface area contributed by atoms with Gasteiger partial charge in [-0.2, -0.15) is 0 Å². The van der Waals surface area contributed by atoms with Crippen LogP contribution in [0.2, 0.25) is 5.02 Å². The molecule has 3 aromatic carbocycles. The number of piperidine rings is 1. The molecule has 1 fully saturated rings. The maximum absolute atomic E-state index is 11.9. The number of carbonyl (C=O) groups is 1. The molecule has 0 aliphatic carbocycles. The van der Waals surface area contributed by atoms with E-state index in [1.54, 1.807) is 0 Å². The van der Waals surface area contributed by atoms with Gasteiger partial charge in [0.05, 0.1) is 18.6 Å². The molecule has 0 bridgehead atoms. The zero-order valence-corrected chi connectivity index (χ0v) is 23.7. The van der Waals surface area contributed by atoms with Crippen LogP contribution in [0, 0.1) is 0 Å². The first-order valence-corrected chi connectivity index (χ1v) is 14.5. The third kappa shape index (κ3) is 7.70. The second-order valence-electron chi connectivity index (χ2n) is 10.5. The first-order valence-electron chi connectivity index (χ1n) is 14.1. The first-order chi connectivity index (χ1) is 18.9. The molecule has 0 spiro atoms. The Kier molecular flexibility index (Phi) is 10.6. The zero-order valence-electron chi connectivity index (χ0n) is 22.9. The van der Waals surface area contributed by atoms with Gasteiger partial charge in [0.15, 0.2) is 0 Å². The lowest BCUT2D eigenvalue weighted by atomic mass is 9.71. The highest BCUT2D eigenvalue weighted by Crippen LogP contribution is 2.38. The lowest BCUT2D eigenvalue weighted by Gasteiger charge is -2.40. The van der Waals surface area contributed by atoms with Crippen molar-refractivity contribution < 1.29 is 14.6 Å². The molecule has 0 unspecified atom stereocenters. The highest BCUT2D eigenvalue weighted by Gasteiger charge is 2.36. The molecule has 1 heterocycles. The van der Waals surface area contributed by atoms with Gasteiger partial charge in [0.25, 0.3) is 0 Å². The third-order valence-corrected chi connectivity index (χ3v) is 8.29. The van der Waals surface area contributed by atoms with Crippen LogP contribution in [0.1, 0.15) is 55.7 Å². The summed E-state index contributed by atoms with van der Waals surface area (Å²) in [6.07, 6.45) is 3.77. The van der Waals surface area contributed by atoms with Crippen LogP contribution in [0.25, 0.3) is 0 Å². The maximum atomic E-state index is 11.9. The van der Waals surface area contributed by atoms with E-state index in [9.17, 15) is 9.90 Å². The van der Waals surface area contributed by atoms with Crippen LogP contribution in [0.3, 0.4) is 0 Å². The number of likely N-dealkylation sites (tertiary alicyclic amines) is 1. The summed E-state index contributed by atoms with van der Waals surface area (Å²) in [5.41, 5.74) is 2.48. The number of nitrogens with zero attached hydrogens (tertiary/aromatic N) is 1. The molecule has 208 valence electrons. The van der Waals surface area contributed by atoms with E-state index < -0.39 is 5.60 Å². The molecule has 3 aromatic rings. The highest BCUT2D eigenvalue weighted by molar-refractivity contribution is 6.30. The van der Waals surface area contributed by atoms with E-state index in [4.69, 9.17) is 16.3 Å². The number of hydrogen-bond acceptors (Lipinski definition) is 5. The molecule has 4 rings (SSSR count). The van der Waals surface area contributed by atoms with E-state index in [1.165, 1.54) is 11.1 Å². The molecule has 5 nitrogen and oxygen atoms in total. The van der Waals surface area contributed by atoms with Crippen molar-refractivity contribution in [2.75, 3.05) is 39.3 Å². The minimum absolute atomic E-state index is 0.168. The smallest absolute Gasteiger partial charge is 0.307 e. The summed E-state index contributed by atoms with van der Waals surface area (Å²) in [7, 11) is 0. The summed E-state index contributed by atoms with van der Waals surface area (Å²) in [4.78, 5) is 14.4. The van der Waals surface area contributed by atoms with Gasteiger partial charge in [0.2, 0.25) is 0 Å². The molecular weight excluding hydrogens is 508 g/mol. The van der Waals surface area contributed by atoms with E-state index in [-0.39, 0.29) is 11.4 Å². The number of aliphatic hydroxyl groups is 1. The second kappa shape index (κ2) is 14.1. The maximum Gasteiger partial charge on any atom is 0.307 e. The predicted molar refractivity (Wildman–Crippen MR) is 158 cm³/mol. The SMILES string of the molecule is CCOC(=O)CCNCC(CCCN1CCC(O)(c2ccc(Cl)cc2)CC1)(c1ccccc1)c1ccccc1. The predicted octanol–water partition coefficient (Wildman–Crippen LogP) is 5.93. The number of rotatable bonds is 13. The molecule has 0 radical (unpaired) electrons. The minimum atomic E-state index is -0.790. The van der Waals surface area contributed by atoms with Gasteiger partial charge in [-0.1, -0.05) is 84.4 Å². The third-order valence-electron chi connectivity index (χ3n) is 8.03. The van der Waals surface area contributed by atoms with Gasteiger partial charge in [0.1, 0.15) is 0 Å². The van der Waals surface area contributed by atoms with Gasteiger partial charge < -0.3 is 20.1 Å². The molecule has 0 saturated carbocycles. The largest absolute Gasteiger partial charge is 0.466 e. The van der Waals surface area contributed by atoms with Crippen LogP contribution in [0.4, 0.5) is 0 Å². The molecule has 1 aliphatic heterocycles.